The second-order valence-electron chi connectivity index (χ2n) is 9.76. The summed E-state index contributed by atoms with van der Waals surface area (Å²) in [6, 6.07) is 5.60. The molecule has 1 aromatic carbocycles. The van der Waals surface area contributed by atoms with Gasteiger partial charge in [0.25, 0.3) is 5.91 Å². The van der Waals surface area contributed by atoms with E-state index in [1.54, 1.807) is 19.1 Å². The van der Waals surface area contributed by atoms with E-state index < -0.39 is 5.54 Å². The van der Waals surface area contributed by atoms with Crippen molar-refractivity contribution in [1.29, 1.82) is 0 Å². The van der Waals surface area contributed by atoms with Gasteiger partial charge >= 0.3 is 0 Å². The fraction of sp³-hybridized carbons (Fsp3) is 0.577. The molecule has 0 spiro atoms. The van der Waals surface area contributed by atoms with Crippen LogP contribution in [0, 0.1) is 0 Å². The Balaban J connectivity index is 1.80. The normalized spacial score (nSPS) is 20.9. The largest absolute Gasteiger partial charge is 0.497 e. The molecule has 0 saturated heterocycles. The van der Waals surface area contributed by atoms with E-state index in [4.69, 9.17) is 9.47 Å². The van der Waals surface area contributed by atoms with Crippen LogP contribution in [-0.2, 0) is 20.9 Å². The lowest BCUT2D eigenvalue weighted by atomic mass is 9.93. The number of hydrogen-bond acceptors (Lipinski definition) is 5. The van der Waals surface area contributed by atoms with Gasteiger partial charge in [0, 0.05) is 32.0 Å². The van der Waals surface area contributed by atoms with Crippen LogP contribution in [0.3, 0.4) is 0 Å². The number of nitrogens with one attached hydrogen (secondary N) is 2. The van der Waals surface area contributed by atoms with Gasteiger partial charge in [-0.15, -0.1) is 0 Å². The van der Waals surface area contributed by atoms with Gasteiger partial charge in [0.2, 0.25) is 11.8 Å². The summed E-state index contributed by atoms with van der Waals surface area (Å²) in [5, 5.41) is 6.80. The van der Waals surface area contributed by atoms with E-state index in [-0.39, 0.29) is 36.9 Å². The van der Waals surface area contributed by atoms with Crippen LogP contribution in [-0.4, -0.2) is 66.1 Å². The molecule has 3 amide bonds. The van der Waals surface area contributed by atoms with Crippen molar-refractivity contribution in [2.24, 2.45) is 0 Å². The number of methoxy groups -OCH3 is 2. The first-order chi connectivity index (χ1) is 16.8. The Hall–Kier alpha value is -3.07. The van der Waals surface area contributed by atoms with Crippen LogP contribution in [0.2, 0.25) is 0 Å². The molecule has 9 heteroatoms. The summed E-state index contributed by atoms with van der Waals surface area (Å²) in [4.78, 5) is 41.5. The molecule has 2 aromatic rings. The molecule has 1 aliphatic carbocycles. The number of aromatic nitrogens is 1. The quantitative estimate of drug-likeness (QED) is 0.587. The number of carbonyl (C=O) groups excluding carboxylic acids is 3. The molecule has 0 radical (unpaired) electrons. The highest BCUT2D eigenvalue weighted by molar-refractivity contribution is 6.14. The summed E-state index contributed by atoms with van der Waals surface area (Å²) >= 11 is 0. The fourth-order valence-corrected chi connectivity index (χ4v) is 5.38. The number of hydrogen-bond donors (Lipinski definition) is 2. The Bertz CT molecular complexity index is 1120. The summed E-state index contributed by atoms with van der Waals surface area (Å²) < 4.78 is 12.5. The van der Waals surface area contributed by atoms with Crippen LogP contribution in [0.5, 0.6) is 5.75 Å². The highest BCUT2D eigenvalue weighted by Gasteiger charge is 2.49. The van der Waals surface area contributed by atoms with Crippen molar-refractivity contribution in [3.8, 4) is 5.75 Å². The highest BCUT2D eigenvalue weighted by atomic mass is 16.5. The summed E-state index contributed by atoms with van der Waals surface area (Å²) in [6.45, 7) is 4.05. The number of benzene rings is 1. The molecule has 1 aromatic heterocycles. The van der Waals surface area contributed by atoms with Crippen molar-refractivity contribution in [2.75, 3.05) is 32.7 Å². The van der Waals surface area contributed by atoms with Gasteiger partial charge < -0.3 is 29.6 Å². The fourth-order valence-electron chi connectivity index (χ4n) is 5.38. The zero-order chi connectivity index (χ0) is 25.2. The van der Waals surface area contributed by atoms with Crippen molar-refractivity contribution < 1.29 is 23.9 Å². The zero-order valence-electron chi connectivity index (χ0n) is 21.1. The Morgan fingerprint density at radius 3 is 2.49 bits per heavy atom. The van der Waals surface area contributed by atoms with Crippen LogP contribution in [0.25, 0.3) is 10.9 Å². The number of carbonyl (C=O) groups is 3. The molecule has 35 heavy (non-hydrogen) atoms. The lowest BCUT2D eigenvalue weighted by molar-refractivity contribution is -0.134. The molecule has 1 saturated carbocycles. The van der Waals surface area contributed by atoms with Gasteiger partial charge in [0.1, 0.15) is 17.0 Å². The maximum absolute atomic E-state index is 14.0. The van der Waals surface area contributed by atoms with Gasteiger partial charge in [0.05, 0.1) is 31.5 Å². The smallest absolute Gasteiger partial charge is 0.273 e. The summed E-state index contributed by atoms with van der Waals surface area (Å²) in [5.74, 6) is -0.134. The Morgan fingerprint density at radius 1 is 1.14 bits per heavy atom. The van der Waals surface area contributed by atoms with E-state index >= 15 is 0 Å². The molecule has 2 heterocycles. The van der Waals surface area contributed by atoms with Crippen molar-refractivity contribution in [3.63, 3.8) is 0 Å². The number of fused-ring (bicyclic) bond motifs is 3. The molecule has 1 fully saturated rings. The highest BCUT2D eigenvalue weighted by Crippen LogP contribution is 2.40. The summed E-state index contributed by atoms with van der Waals surface area (Å²) in [6.07, 6.45) is 6.49. The van der Waals surface area contributed by atoms with Gasteiger partial charge in [-0.05, 0) is 38.0 Å². The average Bonchev–Trinajstić information content (AvgIpc) is 2.96. The monoisotopic (exact) mass is 484 g/mol. The standard InChI is InChI=1S/C26H36N4O5/c1-17(31)27-22-20-15-19(35-4)11-12-21(20)29-16-26(2,30(13-14-34-3)24(32)23(22)29)25(33)28-18-9-7-5-6-8-10-18/h11-12,15,18H,5-10,13-14,16H2,1-4H3,(H,27,31)(H,28,33). The van der Waals surface area contributed by atoms with Crippen molar-refractivity contribution >= 4 is 34.3 Å². The molecule has 1 aliphatic heterocycles. The third-order valence-corrected chi connectivity index (χ3v) is 7.28. The Labute approximate surface area is 206 Å². The number of amides is 3. The minimum Gasteiger partial charge on any atom is -0.497 e. The average molecular weight is 485 g/mol. The van der Waals surface area contributed by atoms with Crippen molar-refractivity contribution in [3.05, 3.63) is 23.9 Å². The van der Waals surface area contributed by atoms with Gasteiger partial charge in [-0.25, -0.2) is 0 Å². The number of rotatable bonds is 7. The molecule has 1 atom stereocenters. The summed E-state index contributed by atoms with van der Waals surface area (Å²) in [7, 11) is 3.14. The van der Waals surface area contributed by atoms with Crippen LogP contribution in [0.1, 0.15) is 62.9 Å². The second kappa shape index (κ2) is 10.3. The molecule has 4 rings (SSSR count). The van der Waals surface area contributed by atoms with E-state index in [9.17, 15) is 14.4 Å². The van der Waals surface area contributed by atoms with Crippen LogP contribution in [0.4, 0.5) is 5.69 Å². The maximum atomic E-state index is 14.0. The first-order valence-corrected chi connectivity index (χ1v) is 12.4. The van der Waals surface area contributed by atoms with E-state index in [0.29, 0.717) is 29.1 Å². The van der Waals surface area contributed by atoms with E-state index in [0.717, 1.165) is 31.2 Å². The first kappa shape index (κ1) is 25.0. The molecule has 2 N–H and O–H groups in total. The van der Waals surface area contributed by atoms with Crippen LogP contribution in [0.15, 0.2) is 18.2 Å². The van der Waals surface area contributed by atoms with E-state index in [1.165, 1.54) is 19.8 Å². The minimum atomic E-state index is -1.12. The third kappa shape index (κ3) is 4.74. The van der Waals surface area contributed by atoms with Gasteiger partial charge in [-0.3, -0.25) is 14.4 Å². The van der Waals surface area contributed by atoms with Crippen molar-refractivity contribution in [2.45, 2.75) is 70.5 Å². The minimum absolute atomic E-state index is 0.114. The summed E-state index contributed by atoms with van der Waals surface area (Å²) in [5.41, 5.74) is 0.441. The second-order valence-corrected chi connectivity index (χ2v) is 9.76. The van der Waals surface area contributed by atoms with Crippen molar-refractivity contribution in [1.82, 2.24) is 14.8 Å². The molecular formula is C26H36N4O5. The lowest BCUT2D eigenvalue weighted by Gasteiger charge is -2.44. The van der Waals surface area contributed by atoms with E-state index in [2.05, 4.69) is 10.6 Å². The van der Waals surface area contributed by atoms with Gasteiger partial charge in [-0.1, -0.05) is 25.7 Å². The number of nitrogens with zero attached hydrogens (tertiary/aromatic N) is 2. The van der Waals surface area contributed by atoms with Gasteiger partial charge in [0.15, 0.2) is 0 Å². The lowest BCUT2D eigenvalue weighted by Crippen LogP contribution is -2.65. The first-order valence-electron chi connectivity index (χ1n) is 12.4. The zero-order valence-corrected chi connectivity index (χ0v) is 21.1. The van der Waals surface area contributed by atoms with Gasteiger partial charge in [-0.2, -0.15) is 0 Å². The van der Waals surface area contributed by atoms with E-state index in [1.807, 2.05) is 29.7 Å². The SMILES string of the molecule is COCCN1C(=O)c2c(NC(C)=O)c3cc(OC)ccc3n2CC1(C)C(=O)NC1CCCCCC1. The molecule has 1 unspecified atom stereocenters. The molecular weight excluding hydrogens is 448 g/mol. The predicted molar refractivity (Wildman–Crippen MR) is 134 cm³/mol. The van der Waals surface area contributed by atoms with Crippen LogP contribution >= 0.6 is 0 Å². The van der Waals surface area contributed by atoms with Crippen LogP contribution < -0.4 is 15.4 Å². The molecule has 2 aliphatic rings. The molecule has 190 valence electrons. The Kier molecular flexibility index (Phi) is 7.35. The topological polar surface area (TPSA) is 102 Å². The maximum Gasteiger partial charge on any atom is 0.273 e. The predicted octanol–water partition coefficient (Wildman–Crippen LogP) is 3.31. The molecule has 0 bridgehead atoms. The molecule has 9 nitrogen and oxygen atoms in total. The number of ether oxygens (including phenoxy) is 2. The third-order valence-electron chi connectivity index (χ3n) is 7.28. The Morgan fingerprint density at radius 2 is 1.86 bits per heavy atom. The number of anilines is 1.